The van der Waals surface area contributed by atoms with Gasteiger partial charge in [0.1, 0.15) is 6.04 Å². The third-order valence-electron chi connectivity index (χ3n) is 3.10. The van der Waals surface area contributed by atoms with E-state index in [1.807, 2.05) is 6.92 Å². The van der Waals surface area contributed by atoms with Crippen LogP contribution in [0, 0.1) is 6.92 Å². The van der Waals surface area contributed by atoms with Crippen LogP contribution in [0.1, 0.15) is 25.8 Å². The number of amides is 2. The van der Waals surface area contributed by atoms with Crippen molar-refractivity contribution < 1.29 is 18.0 Å². The molecule has 23 heavy (non-hydrogen) atoms. The summed E-state index contributed by atoms with van der Waals surface area (Å²) in [4.78, 5) is 23.3. The van der Waals surface area contributed by atoms with Gasteiger partial charge in [0, 0.05) is 19.5 Å². The molecule has 1 aromatic carbocycles. The Balaban J connectivity index is 2.45. The van der Waals surface area contributed by atoms with Crippen LogP contribution in [-0.4, -0.2) is 39.4 Å². The Morgan fingerprint density at radius 1 is 1.17 bits per heavy atom. The molecule has 1 aromatic rings. The zero-order valence-electron chi connectivity index (χ0n) is 13.5. The van der Waals surface area contributed by atoms with E-state index >= 15 is 0 Å². The highest BCUT2D eigenvalue weighted by molar-refractivity contribution is 7.89. The Bertz CT molecular complexity index is 641. The summed E-state index contributed by atoms with van der Waals surface area (Å²) in [7, 11) is -3.64. The van der Waals surface area contributed by atoms with Gasteiger partial charge in [-0.1, -0.05) is 17.7 Å². The number of carbonyl (C=O) groups excluding carboxylic acids is 2. The van der Waals surface area contributed by atoms with Crippen LogP contribution in [0.2, 0.25) is 0 Å². The van der Waals surface area contributed by atoms with Gasteiger partial charge in [-0.05, 0) is 32.9 Å². The molecule has 2 amide bonds. The zero-order valence-corrected chi connectivity index (χ0v) is 14.4. The third kappa shape index (κ3) is 6.37. The number of hydrogen-bond donors (Lipinski definition) is 3. The van der Waals surface area contributed by atoms with Gasteiger partial charge in [-0.2, -0.15) is 0 Å². The van der Waals surface area contributed by atoms with Crippen molar-refractivity contribution in [2.24, 2.45) is 0 Å². The standard InChI is InChI=1S/C15H23N3O4S/c1-4-16-15(20)12(3)18-14(19)9-10-17-23(21,22)13-7-5-11(2)6-8-13/h5-8,12,17H,4,9-10H2,1-3H3,(H,16,20)(H,18,19)/t12-/m1/s1. The number of sulfonamides is 1. The van der Waals surface area contributed by atoms with Crippen LogP contribution in [0.3, 0.4) is 0 Å². The van der Waals surface area contributed by atoms with E-state index in [2.05, 4.69) is 15.4 Å². The summed E-state index contributed by atoms with van der Waals surface area (Å²) in [5.41, 5.74) is 0.961. The summed E-state index contributed by atoms with van der Waals surface area (Å²) >= 11 is 0. The van der Waals surface area contributed by atoms with E-state index in [1.165, 1.54) is 12.1 Å². The molecule has 7 nitrogen and oxygen atoms in total. The highest BCUT2D eigenvalue weighted by atomic mass is 32.2. The van der Waals surface area contributed by atoms with Gasteiger partial charge in [0.25, 0.3) is 0 Å². The summed E-state index contributed by atoms with van der Waals surface area (Å²) in [5.74, 6) is -0.670. The van der Waals surface area contributed by atoms with Crippen LogP contribution in [0.5, 0.6) is 0 Å². The Morgan fingerprint density at radius 2 is 1.78 bits per heavy atom. The van der Waals surface area contributed by atoms with E-state index < -0.39 is 22.0 Å². The molecule has 0 unspecified atom stereocenters. The topological polar surface area (TPSA) is 104 Å². The van der Waals surface area contributed by atoms with Crippen LogP contribution in [-0.2, 0) is 19.6 Å². The summed E-state index contributed by atoms with van der Waals surface area (Å²) in [6.07, 6.45) is -0.0468. The molecule has 8 heteroatoms. The molecule has 0 bridgehead atoms. The van der Waals surface area contributed by atoms with Crippen molar-refractivity contribution in [3.05, 3.63) is 29.8 Å². The molecule has 0 saturated heterocycles. The Morgan fingerprint density at radius 3 is 2.35 bits per heavy atom. The molecule has 0 aliphatic rings. The fourth-order valence-corrected chi connectivity index (χ4v) is 2.84. The van der Waals surface area contributed by atoms with Crippen molar-refractivity contribution in [3.63, 3.8) is 0 Å². The predicted octanol–water partition coefficient (Wildman–Crippen LogP) is 0.304. The lowest BCUT2D eigenvalue weighted by molar-refractivity contribution is -0.128. The first-order chi connectivity index (χ1) is 10.8. The number of aryl methyl sites for hydroxylation is 1. The first kappa shape index (κ1) is 19.1. The molecule has 0 heterocycles. The molecule has 3 N–H and O–H groups in total. The van der Waals surface area contributed by atoms with Crippen molar-refractivity contribution in [2.45, 2.75) is 38.1 Å². The molecule has 0 saturated carbocycles. The van der Waals surface area contributed by atoms with Gasteiger partial charge in [-0.3, -0.25) is 9.59 Å². The SMILES string of the molecule is CCNC(=O)[C@@H](C)NC(=O)CCNS(=O)(=O)c1ccc(C)cc1. The fourth-order valence-electron chi connectivity index (χ4n) is 1.81. The lowest BCUT2D eigenvalue weighted by Crippen LogP contribution is -2.45. The van der Waals surface area contributed by atoms with Crippen LogP contribution in [0.25, 0.3) is 0 Å². The average Bonchev–Trinajstić information content (AvgIpc) is 2.47. The van der Waals surface area contributed by atoms with Crippen LogP contribution >= 0.6 is 0 Å². The number of hydrogen-bond acceptors (Lipinski definition) is 4. The third-order valence-corrected chi connectivity index (χ3v) is 4.57. The number of likely N-dealkylation sites (N-methyl/N-ethyl adjacent to an activating group) is 1. The lowest BCUT2D eigenvalue weighted by atomic mass is 10.2. The minimum absolute atomic E-state index is 0.0375. The first-order valence-corrected chi connectivity index (χ1v) is 8.88. The molecule has 0 spiro atoms. The van der Waals surface area contributed by atoms with Gasteiger partial charge >= 0.3 is 0 Å². The second-order valence-electron chi connectivity index (χ2n) is 5.14. The number of carbonyl (C=O) groups is 2. The van der Waals surface area contributed by atoms with Crippen molar-refractivity contribution in [2.75, 3.05) is 13.1 Å². The normalized spacial score (nSPS) is 12.5. The van der Waals surface area contributed by atoms with Gasteiger partial charge in [0.15, 0.2) is 0 Å². The number of rotatable bonds is 8. The smallest absolute Gasteiger partial charge is 0.242 e. The van der Waals surface area contributed by atoms with E-state index in [4.69, 9.17) is 0 Å². The molecule has 128 valence electrons. The molecule has 0 aliphatic heterocycles. The second-order valence-corrected chi connectivity index (χ2v) is 6.91. The quantitative estimate of drug-likeness (QED) is 0.633. The summed E-state index contributed by atoms with van der Waals surface area (Å²) < 4.78 is 26.4. The summed E-state index contributed by atoms with van der Waals surface area (Å²) in [6.45, 7) is 5.66. The highest BCUT2D eigenvalue weighted by Gasteiger charge is 2.16. The maximum atomic E-state index is 12.0. The van der Waals surface area contributed by atoms with E-state index in [9.17, 15) is 18.0 Å². The van der Waals surface area contributed by atoms with Gasteiger partial charge in [0.05, 0.1) is 4.90 Å². The fraction of sp³-hybridized carbons (Fsp3) is 0.467. The van der Waals surface area contributed by atoms with Gasteiger partial charge in [0.2, 0.25) is 21.8 Å². The minimum Gasteiger partial charge on any atom is -0.355 e. The Kier molecular flexibility index (Phi) is 7.18. The molecule has 0 aliphatic carbocycles. The van der Waals surface area contributed by atoms with Gasteiger partial charge < -0.3 is 10.6 Å². The molecular formula is C15H23N3O4S. The number of nitrogens with one attached hydrogen (secondary N) is 3. The largest absolute Gasteiger partial charge is 0.355 e. The Labute approximate surface area is 136 Å². The zero-order chi connectivity index (χ0) is 17.5. The van der Waals surface area contributed by atoms with Gasteiger partial charge in [-0.15, -0.1) is 0 Å². The highest BCUT2D eigenvalue weighted by Crippen LogP contribution is 2.09. The summed E-state index contributed by atoms with van der Waals surface area (Å²) in [5, 5.41) is 5.10. The van der Waals surface area contributed by atoms with E-state index in [-0.39, 0.29) is 23.8 Å². The lowest BCUT2D eigenvalue weighted by Gasteiger charge is -2.13. The van der Waals surface area contributed by atoms with E-state index in [0.717, 1.165) is 5.56 Å². The van der Waals surface area contributed by atoms with Gasteiger partial charge in [-0.25, -0.2) is 13.1 Å². The molecule has 1 rings (SSSR count). The second kappa shape index (κ2) is 8.64. The van der Waals surface area contributed by atoms with Crippen molar-refractivity contribution in [1.29, 1.82) is 0 Å². The Hall–Kier alpha value is -1.93. The molecule has 0 radical (unpaired) electrons. The van der Waals surface area contributed by atoms with Crippen LogP contribution in [0.4, 0.5) is 0 Å². The molecule has 1 atom stereocenters. The predicted molar refractivity (Wildman–Crippen MR) is 87.3 cm³/mol. The van der Waals surface area contributed by atoms with Crippen molar-refractivity contribution in [3.8, 4) is 0 Å². The first-order valence-electron chi connectivity index (χ1n) is 7.39. The molecule has 0 fully saturated rings. The molecule has 0 aromatic heterocycles. The van der Waals surface area contributed by atoms with Crippen LogP contribution in [0.15, 0.2) is 29.2 Å². The van der Waals surface area contributed by atoms with E-state index in [1.54, 1.807) is 26.0 Å². The van der Waals surface area contributed by atoms with E-state index in [0.29, 0.717) is 6.54 Å². The minimum atomic E-state index is -3.64. The maximum absolute atomic E-state index is 12.0. The summed E-state index contributed by atoms with van der Waals surface area (Å²) in [6, 6.07) is 5.77. The molecular weight excluding hydrogens is 318 g/mol. The maximum Gasteiger partial charge on any atom is 0.242 e. The average molecular weight is 341 g/mol. The number of benzene rings is 1. The monoisotopic (exact) mass is 341 g/mol. The van der Waals surface area contributed by atoms with Crippen LogP contribution < -0.4 is 15.4 Å². The van der Waals surface area contributed by atoms with Crippen molar-refractivity contribution >= 4 is 21.8 Å². The van der Waals surface area contributed by atoms with Crippen molar-refractivity contribution in [1.82, 2.24) is 15.4 Å².